The van der Waals surface area contributed by atoms with Crippen LogP contribution in [0.5, 0.6) is 0 Å². The lowest BCUT2D eigenvalue weighted by molar-refractivity contribution is 0.114. The molecule has 2 aromatic rings. The van der Waals surface area contributed by atoms with Crippen molar-refractivity contribution in [3.8, 4) is 0 Å². The van der Waals surface area contributed by atoms with E-state index in [1.54, 1.807) is 36.2 Å². The molecule has 0 N–H and O–H groups in total. The van der Waals surface area contributed by atoms with Crippen molar-refractivity contribution in [3.05, 3.63) is 42.0 Å². The number of hydrogen-bond acceptors (Lipinski definition) is 5. The molecule has 0 saturated carbocycles. The summed E-state index contributed by atoms with van der Waals surface area (Å²) in [6.45, 7) is 2.19. The van der Waals surface area contributed by atoms with Crippen LogP contribution in [0.2, 0.25) is 0 Å². The van der Waals surface area contributed by atoms with Crippen molar-refractivity contribution < 1.29 is 13.2 Å². The molecule has 1 fully saturated rings. The molecule has 8 heteroatoms. The first-order valence-electron chi connectivity index (χ1n) is 7.38. The van der Waals surface area contributed by atoms with Crippen molar-refractivity contribution >= 4 is 10.0 Å². The van der Waals surface area contributed by atoms with E-state index >= 15 is 0 Å². The second kappa shape index (κ2) is 6.03. The van der Waals surface area contributed by atoms with Crippen molar-refractivity contribution in [1.29, 1.82) is 0 Å². The zero-order chi connectivity index (χ0) is 16.6. The quantitative estimate of drug-likeness (QED) is 0.840. The van der Waals surface area contributed by atoms with Crippen LogP contribution in [0.3, 0.4) is 0 Å². The van der Waals surface area contributed by atoms with Gasteiger partial charge in [-0.05, 0) is 31.0 Å². The number of benzene rings is 1. The monoisotopic (exact) mass is 336 g/mol. The molecule has 0 bridgehead atoms. The van der Waals surface area contributed by atoms with Gasteiger partial charge in [-0.1, -0.05) is 12.1 Å². The number of ether oxygens (including phenoxy) is 1. The maximum atomic E-state index is 13.1. The van der Waals surface area contributed by atoms with Crippen LogP contribution in [0.15, 0.2) is 35.5 Å². The summed E-state index contributed by atoms with van der Waals surface area (Å²) in [5, 5.41) is 7.96. The zero-order valence-electron chi connectivity index (χ0n) is 13.4. The summed E-state index contributed by atoms with van der Waals surface area (Å²) in [6, 6.07) is 6.56. The van der Waals surface area contributed by atoms with Gasteiger partial charge < -0.3 is 9.30 Å². The molecule has 0 radical (unpaired) electrons. The van der Waals surface area contributed by atoms with Crippen LogP contribution in [0.1, 0.15) is 23.9 Å². The Labute approximate surface area is 135 Å². The van der Waals surface area contributed by atoms with Crippen LogP contribution in [-0.4, -0.2) is 47.2 Å². The molecule has 124 valence electrons. The molecule has 23 heavy (non-hydrogen) atoms. The summed E-state index contributed by atoms with van der Waals surface area (Å²) in [4.78, 5) is 0.293. The van der Waals surface area contributed by atoms with E-state index in [-0.39, 0.29) is 12.1 Å². The third-order valence-corrected chi connectivity index (χ3v) is 6.06. The molecule has 2 heterocycles. The van der Waals surface area contributed by atoms with E-state index in [1.807, 2.05) is 20.0 Å². The van der Waals surface area contributed by atoms with E-state index in [2.05, 4.69) is 10.2 Å². The molecular formula is C15H20N4O3S. The van der Waals surface area contributed by atoms with Crippen molar-refractivity contribution in [1.82, 2.24) is 19.1 Å². The normalized spacial score (nSPS) is 22.6. The highest BCUT2D eigenvalue weighted by Gasteiger charge is 2.43. The second-order valence-electron chi connectivity index (χ2n) is 5.80. The molecular weight excluding hydrogens is 316 g/mol. The summed E-state index contributed by atoms with van der Waals surface area (Å²) in [6.07, 6.45) is 1.98. The van der Waals surface area contributed by atoms with E-state index in [9.17, 15) is 8.42 Å². The molecule has 3 rings (SSSR count). The van der Waals surface area contributed by atoms with Gasteiger partial charge in [-0.3, -0.25) is 0 Å². The third-order valence-electron chi connectivity index (χ3n) is 4.19. The van der Waals surface area contributed by atoms with Crippen molar-refractivity contribution in [3.63, 3.8) is 0 Å². The molecule has 0 spiro atoms. The third kappa shape index (κ3) is 2.89. The van der Waals surface area contributed by atoms with Crippen molar-refractivity contribution in [2.45, 2.75) is 30.4 Å². The van der Waals surface area contributed by atoms with Gasteiger partial charge in [0.2, 0.25) is 10.0 Å². The zero-order valence-corrected chi connectivity index (χ0v) is 14.2. The van der Waals surface area contributed by atoms with E-state index < -0.39 is 10.0 Å². The van der Waals surface area contributed by atoms with E-state index in [1.165, 1.54) is 4.31 Å². The summed E-state index contributed by atoms with van der Waals surface area (Å²) in [5.41, 5.74) is 0.906. The number of rotatable bonds is 4. The highest BCUT2D eigenvalue weighted by molar-refractivity contribution is 7.89. The number of methoxy groups -OCH3 is 1. The lowest BCUT2D eigenvalue weighted by Gasteiger charge is -2.23. The highest BCUT2D eigenvalue weighted by Crippen LogP contribution is 2.36. The standard InChI is InChI=1S/C15H20N4O3S/c1-11-5-4-6-13(7-11)23(20,21)19-9-12(22-3)8-14(19)15-17-16-10-18(15)2/h4-7,10,12,14H,8-9H2,1-3H3/t12-,14+/m1/s1. The first-order valence-corrected chi connectivity index (χ1v) is 8.82. The maximum absolute atomic E-state index is 13.1. The van der Waals surface area contributed by atoms with Gasteiger partial charge in [0.25, 0.3) is 0 Å². The average molecular weight is 336 g/mol. The molecule has 1 aliphatic rings. The van der Waals surface area contributed by atoms with E-state index in [4.69, 9.17) is 4.74 Å². The minimum absolute atomic E-state index is 0.156. The van der Waals surface area contributed by atoms with Gasteiger partial charge in [-0.15, -0.1) is 10.2 Å². The molecule has 2 atom stereocenters. The Morgan fingerprint density at radius 1 is 1.35 bits per heavy atom. The fourth-order valence-electron chi connectivity index (χ4n) is 2.94. The minimum Gasteiger partial charge on any atom is -0.380 e. The topological polar surface area (TPSA) is 77.3 Å². The number of sulfonamides is 1. The van der Waals surface area contributed by atoms with Crippen LogP contribution in [-0.2, 0) is 21.8 Å². The largest absolute Gasteiger partial charge is 0.380 e. The van der Waals surface area contributed by atoms with Gasteiger partial charge in [0.1, 0.15) is 6.33 Å². The van der Waals surface area contributed by atoms with E-state index in [0.717, 1.165) is 5.56 Å². The van der Waals surface area contributed by atoms with Crippen LogP contribution in [0, 0.1) is 6.92 Å². The molecule has 1 aromatic heterocycles. The summed E-state index contributed by atoms with van der Waals surface area (Å²) in [7, 11) is -0.213. The minimum atomic E-state index is -3.62. The smallest absolute Gasteiger partial charge is 0.243 e. The summed E-state index contributed by atoms with van der Waals surface area (Å²) < 4.78 is 34.8. The maximum Gasteiger partial charge on any atom is 0.243 e. The molecule has 0 aliphatic carbocycles. The molecule has 1 aliphatic heterocycles. The Morgan fingerprint density at radius 3 is 2.74 bits per heavy atom. The lowest BCUT2D eigenvalue weighted by atomic mass is 10.2. The van der Waals surface area contributed by atoms with Crippen LogP contribution in [0.4, 0.5) is 0 Å². The number of nitrogens with zero attached hydrogens (tertiary/aromatic N) is 4. The number of hydrogen-bond donors (Lipinski definition) is 0. The number of aromatic nitrogens is 3. The Morgan fingerprint density at radius 2 is 2.13 bits per heavy atom. The Balaban J connectivity index is 2.03. The van der Waals surface area contributed by atoms with Gasteiger partial charge in [0.05, 0.1) is 17.0 Å². The van der Waals surface area contributed by atoms with Crippen LogP contribution < -0.4 is 0 Å². The van der Waals surface area contributed by atoms with Crippen molar-refractivity contribution in [2.24, 2.45) is 7.05 Å². The lowest BCUT2D eigenvalue weighted by Crippen LogP contribution is -2.33. The van der Waals surface area contributed by atoms with Gasteiger partial charge in [-0.25, -0.2) is 8.42 Å². The molecule has 0 unspecified atom stereocenters. The highest BCUT2D eigenvalue weighted by atomic mass is 32.2. The molecule has 0 amide bonds. The van der Waals surface area contributed by atoms with Gasteiger partial charge >= 0.3 is 0 Å². The van der Waals surface area contributed by atoms with E-state index in [0.29, 0.717) is 23.7 Å². The second-order valence-corrected chi connectivity index (χ2v) is 7.69. The Kier molecular flexibility index (Phi) is 4.22. The van der Waals surface area contributed by atoms with Gasteiger partial charge in [-0.2, -0.15) is 4.31 Å². The fraction of sp³-hybridized carbons (Fsp3) is 0.467. The number of aryl methyl sites for hydroxylation is 2. The average Bonchev–Trinajstić information content (AvgIpc) is 3.13. The first kappa shape index (κ1) is 16.1. The summed E-state index contributed by atoms with van der Waals surface area (Å²) >= 11 is 0. The molecule has 1 aromatic carbocycles. The van der Waals surface area contributed by atoms with Gasteiger partial charge in [0, 0.05) is 20.7 Å². The van der Waals surface area contributed by atoms with Gasteiger partial charge in [0.15, 0.2) is 5.82 Å². The fourth-order valence-corrected chi connectivity index (χ4v) is 4.68. The predicted molar refractivity (Wildman–Crippen MR) is 84.2 cm³/mol. The Hall–Kier alpha value is -1.77. The Bertz CT molecular complexity index is 803. The van der Waals surface area contributed by atoms with Crippen LogP contribution >= 0.6 is 0 Å². The molecule has 1 saturated heterocycles. The molecule has 7 nitrogen and oxygen atoms in total. The predicted octanol–water partition coefficient (Wildman–Crippen LogP) is 1.27. The van der Waals surface area contributed by atoms with Crippen LogP contribution in [0.25, 0.3) is 0 Å². The SMILES string of the molecule is CO[C@@H]1C[C@@H](c2nncn2C)N(S(=O)(=O)c2cccc(C)c2)C1. The summed E-state index contributed by atoms with van der Waals surface area (Å²) in [5.74, 6) is 0.626. The van der Waals surface area contributed by atoms with Crippen molar-refractivity contribution in [2.75, 3.05) is 13.7 Å². The first-order chi connectivity index (χ1) is 10.9.